The van der Waals surface area contributed by atoms with Crippen LogP contribution in [0.2, 0.25) is 0 Å². The summed E-state index contributed by atoms with van der Waals surface area (Å²) in [6, 6.07) is -0.0217. The molecule has 1 fully saturated rings. The van der Waals surface area contributed by atoms with E-state index >= 15 is 0 Å². The van der Waals surface area contributed by atoms with E-state index in [0.717, 1.165) is 5.69 Å². The topological polar surface area (TPSA) is 91.0 Å². The van der Waals surface area contributed by atoms with Crippen molar-refractivity contribution in [1.82, 2.24) is 23.8 Å². The fourth-order valence-electron chi connectivity index (χ4n) is 2.81. The van der Waals surface area contributed by atoms with Gasteiger partial charge in [-0.05, 0) is 26.7 Å². The SMILES string of the molecule is CC(C)n1cnc(S(=O)(=O)N[C@H]2CCO[C@@H](c3cncn3C)C2)c1. The van der Waals surface area contributed by atoms with Gasteiger partial charge >= 0.3 is 0 Å². The molecule has 2 atom stereocenters. The van der Waals surface area contributed by atoms with Gasteiger partial charge in [-0.2, -0.15) is 0 Å². The molecule has 3 rings (SSSR count). The number of hydrogen-bond acceptors (Lipinski definition) is 5. The maximum Gasteiger partial charge on any atom is 0.259 e. The number of ether oxygens (including phenoxy) is 1. The molecule has 1 aliphatic heterocycles. The summed E-state index contributed by atoms with van der Waals surface area (Å²) in [5.41, 5.74) is 0.947. The summed E-state index contributed by atoms with van der Waals surface area (Å²) in [5, 5.41) is 0.0553. The minimum atomic E-state index is -3.63. The van der Waals surface area contributed by atoms with Crippen molar-refractivity contribution in [2.75, 3.05) is 6.61 Å². The van der Waals surface area contributed by atoms with Crippen molar-refractivity contribution in [1.29, 1.82) is 0 Å². The molecule has 2 aromatic heterocycles. The molecule has 0 radical (unpaired) electrons. The number of nitrogens with zero attached hydrogens (tertiary/aromatic N) is 4. The molecule has 2 aromatic rings. The van der Waals surface area contributed by atoms with E-state index in [1.807, 2.05) is 25.5 Å². The first kappa shape index (κ1) is 17.1. The summed E-state index contributed by atoms with van der Waals surface area (Å²) in [6.45, 7) is 4.45. The Kier molecular flexibility index (Phi) is 4.75. The van der Waals surface area contributed by atoms with Crippen molar-refractivity contribution in [2.24, 2.45) is 7.05 Å². The molecule has 0 spiro atoms. The van der Waals surface area contributed by atoms with Crippen LogP contribution in [0.15, 0.2) is 30.1 Å². The molecular formula is C15H23N5O3S. The molecule has 9 heteroatoms. The highest BCUT2D eigenvalue weighted by Gasteiger charge is 2.30. The van der Waals surface area contributed by atoms with Gasteiger partial charge in [0.05, 0.1) is 24.5 Å². The van der Waals surface area contributed by atoms with E-state index in [1.165, 1.54) is 0 Å². The third kappa shape index (κ3) is 3.52. The third-order valence-corrected chi connectivity index (χ3v) is 5.64. The van der Waals surface area contributed by atoms with E-state index in [0.29, 0.717) is 19.4 Å². The third-order valence-electron chi connectivity index (χ3n) is 4.24. The lowest BCUT2D eigenvalue weighted by Crippen LogP contribution is -2.40. The highest BCUT2D eigenvalue weighted by atomic mass is 32.2. The van der Waals surface area contributed by atoms with Crippen LogP contribution in [0.4, 0.5) is 0 Å². The Hall–Kier alpha value is -1.71. The molecule has 8 nitrogen and oxygen atoms in total. The zero-order chi connectivity index (χ0) is 17.3. The van der Waals surface area contributed by atoms with Crippen LogP contribution in [-0.4, -0.2) is 40.2 Å². The van der Waals surface area contributed by atoms with E-state index in [9.17, 15) is 8.42 Å². The Morgan fingerprint density at radius 2 is 2.17 bits per heavy atom. The average Bonchev–Trinajstić information content (AvgIpc) is 3.16. The molecule has 132 valence electrons. The highest BCUT2D eigenvalue weighted by molar-refractivity contribution is 7.89. The number of rotatable bonds is 5. The predicted molar refractivity (Wildman–Crippen MR) is 87.9 cm³/mol. The van der Waals surface area contributed by atoms with Gasteiger partial charge in [0.25, 0.3) is 10.0 Å². The van der Waals surface area contributed by atoms with Crippen LogP contribution in [0.25, 0.3) is 0 Å². The molecule has 0 amide bonds. The summed E-state index contributed by atoms with van der Waals surface area (Å²) in [4.78, 5) is 8.12. The average molecular weight is 353 g/mol. The molecule has 0 saturated carbocycles. The Labute approximate surface area is 141 Å². The van der Waals surface area contributed by atoms with E-state index in [2.05, 4.69) is 14.7 Å². The van der Waals surface area contributed by atoms with Crippen molar-refractivity contribution in [3.8, 4) is 0 Å². The number of sulfonamides is 1. The summed E-state index contributed by atoms with van der Waals surface area (Å²) in [7, 11) is -1.73. The zero-order valence-corrected chi connectivity index (χ0v) is 14.9. The van der Waals surface area contributed by atoms with Gasteiger partial charge in [-0.15, -0.1) is 0 Å². The molecule has 1 aliphatic rings. The van der Waals surface area contributed by atoms with Gasteiger partial charge in [0.2, 0.25) is 0 Å². The first-order valence-corrected chi connectivity index (χ1v) is 9.49. The molecule has 0 bridgehead atoms. The fraction of sp³-hybridized carbons (Fsp3) is 0.600. The standard InChI is InChI=1S/C15H23N5O3S/c1-11(2)20-8-15(17-10-20)24(21,22)18-12-4-5-23-14(6-12)13-7-16-9-19(13)3/h7-12,14,18H,4-6H2,1-3H3/t12-,14+/m0/s1. The van der Waals surface area contributed by atoms with E-state index in [1.54, 1.807) is 29.6 Å². The number of imidazole rings is 2. The minimum absolute atomic E-state index is 0.0553. The van der Waals surface area contributed by atoms with Gasteiger partial charge in [-0.25, -0.2) is 23.1 Å². The Balaban J connectivity index is 1.71. The maximum atomic E-state index is 12.6. The van der Waals surface area contributed by atoms with Crippen molar-refractivity contribution in [3.63, 3.8) is 0 Å². The minimum Gasteiger partial charge on any atom is -0.372 e. The summed E-state index contributed by atoms with van der Waals surface area (Å²) < 4.78 is 37.3. The number of hydrogen-bond donors (Lipinski definition) is 1. The van der Waals surface area contributed by atoms with Crippen molar-refractivity contribution < 1.29 is 13.2 Å². The molecule has 0 aromatic carbocycles. The molecule has 1 saturated heterocycles. The largest absolute Gasteiger partial charge is 0.372 e. The number of nitrogens with one attached hydrogen (secondary N) is 1. The molecule has 3 heterocycles. The van der Waals surface area contributed by atoms with Crippen LogP contribution in [-0.2, 0) is 21.8 Å². The van der Waals surface area contributed by atoms with Crippen LogP contribution in [0, 0.1) is 0 Å². The van der Waals surface area contributed by atoms with Crippen molar-refractivity contribution in [2.45, 2.75) is 49.9 Å². The molecule has 24 heavy (non-hydrogen) atoms. The highest BCUT2D eigenvalue weighted by Crippen LogP contribution is 2.28. The number of aryl methyl sites for hydroxylation is 1. The summed E-state index contributed by atoms with van der Waals surface area (Å²) in [6.07, 6.45) is 7.62. The van der Waals surface area contributed by atoms with Crippen molar-refractivity contribution in [3.05, 3.63) is 30.7 Å². The second kappa shape index (κ2) is 6.66. The second-order valence-electron chi connectivity index (χ2n) is 6.38. The van der Waals surface area contributed by atoms with Gasteiger partial charge in [0, 0.05) is 31.9 Å². The van der Waals surface area contributed by atoms with E-state index < -0.39 is 10.0 Å². The van der Waals surface area contributed by atoms with Crippen LogP contribution in [0.5, 0.6) is 0 Å². The van der Waals surface area contributed by atoms with Gasteiger partial charge in [-0.3, -0.25) is 0 Å². The Morgan fingerprint density at radius 1 is 1.38 bits per heavy atom. The normalized spacial score (nSPS) is 22.2. The van der Waals surface area contributed by atoms with Gasteiger partial charge < -0.3 is 13.9 Å². The van der Waals surface area contributed by atoms with Crippen LogP contribution >= 0.6 is 0 Å². The molecule has 0 aliphatic carbocycles. The van der Waals surface area contributed by atoms with Crippen LogP contribution < -0.4 is 4.72 Å². The smallest absolute Gasteiger partial charge is 0.259 e. The molecule has 1 N–H and O–H groups in total. The van der Waals surface area contributed by atoms with Crippen molar-refractivity contribution >= 4 is 10.0 Å². The quantitative estimate of drug-likeness (QED) is 0.877. The zero-order valence-electron chi connectivity index (χ0n) is 14.1. The Bertz CT molecular complexity index is 796. The lowest BCUT2D eigenvalue weighted by molar-refractivity contribution is -0.0000534. The molecule has 0 unspecified atom stereocenters. The summed E-state index contributed by atoms with van der Waals surface area (Å²) >= 11 is 0. The van der Waals surface area contributed by atoms with E-state index in [-0.39, 0.29) is 23.2 Å². The maximum absolute atomic E-state index is 12.6. The van der Waals surface area contributed by atoms with Gasteiger partial charge in [-0.1, -0.05) is 0 Å². The first-order chi connectivity index (χ1) is 11.4. The van der Waals surface area contributed by atoms with Gasteiger partial charge in [0.1, 0.15) is 6.10 Å². The lowest BCUT2D eigenvalue weighted by Gasteiger charge is -2.29. The van der Waals surface area contributed by atoms with E-state index in [4.69, 9.17) is 4.74 Å². The van der Waals surface area contributed by atoms with Crippen LogP contribution in [0.1, 0.15) is 44.5 Å². The first-order valence-electron chi connectivity index (χ1n) is 8.00. The second-order valence-corrected chi connectivity index (χ2v) is 8.05. The van der Waals surface area contributed by atoms with Gasteiger partial charge in [0.15, 0.2) is 5.03 Å². The predicted octanol–water partition coefficient (Wildman–Crippen LogP) is 1.40. The fourth-order valence-corrected chi connectivity index (χ4v) is 4.03. The lowest BCUT2D eigenvalue weighted by atomic mass is 10.0. The Morgan fingerprint density at radius 3 is 2.79 bits per heavy atom. The molecular weight excluding hydrogens is 330 g/mol. The summed E-state index contributed by atoms with van der Waals surface area (Å²) in [5.74, 6) is 0. The number of aromatic nitrogens is 4. The monoisotopic (exact) mass is 353 g/mol. The van der Waals surface area contributed by atoms with Crippen LogP contribution in [0.3, 0.4) is 0 Å².